The van der Waals surface area contributed by atoms with Crippen LogP contribution >= 0.6 is 0 Å². The van der Waals surface area contributed by atoms with Crippen LogP contribution in [0, 0.1) is 0 Å². The molecular weight excluding hydrogens is 373 g/mol. The van der Waals surface area contributed by atoms with E-state index < -0.39 is 24.0 Å². The van der Waals surface area contributed by atoms with Crippen molar-refractivity contribution >= 4 is 17.5 Å². The summed E-state index contributed by atoms with van der Waals surface area (Å²) in [5.74, 6) is -2.85. The van der Waals surface area contributed by atoms with Crippen molar-refractivity contribution in [3.8, 4) is 0 Å². The number of hydrogen-bond donors (Lipinski definition) is 1. The van der Waals surface area contributed by atoms with Crippen molar-refractivity contribution in [3.05, 3.63) is 54.5 Å². The number of nitrogens with zero attached hydrogens (tertiary/aromatic N) is 1. The predicted molar refractivity (Wildman–Crippen MR) is 96.4 cm³/mol. The van der Waals surface area contributed by atoms with Crippen molar-refractivity contribution < 1.29 is 27.2 Å². The lowest BCUT2D eigenvalue weighted by Gasteiger charge is -2.32. The van der Waals surface area contributed by atoms with Crippen LogP contribution in [-0.4, -0.2) is 24.0 Å². The second-order valence-electron chi connectivity index (χ2n) is 6.77. The smallest absolute Gasteiger partial charge is 0.467 e. The van der Waals surface area contributed by atoms with Gasteiger partial charge in [0.1, 0.15) is 5.76 Å². The number of rotatable bonds is 5. The van der Waals surface area contributed by atoms with Gasteiger partial charge >= 0.3 is 12.1 Å². The summed E-state index contributed by atoms with van der Waals surface area (Å²) in [7, 11) is 0. The minimum absolute atomic E-state index is 0.0326. The molecule has 1 aromatic heterocycles. The largest absolute Gasteiger partial charge is 0.471 e. The van der Waals surface area contributed by atoms with Gasteiger partial charge in [-0.3, -0.25) is 14.5 Å². The molecule has 1 aliphatic rings. The highest BCUT2D eigenvalue weighted by Crippen LogP contribution is 2.33. The van der Waals surface area contributed by atoms with Crippen LogP contribution in [0.3, 0.4) is 0 Å². The maximum atomic E-state index is 13.4. The fourth-order valence-electron chi connectivity index (χ4n) is 3.46. The summed E-state index contributed by atoms with van der Waals surface area (Å²) in [5, 5.41) is 2.80. The monoisotopic (exact) mass is 394 g/mol. The van der Waals surface area contributed by atoms with Crippen molar-refractivity contribution in [1.82, 2.24) is 5.32 Å². The van der Waals surface area contributed by atoms with E-state index in [2.05, 4.69) is 5.32 Å². The van der Waals surface area contributed by atoms with E-state index in [9.17, 15) is 22.8 Å². The van der Waals surface area contributed by atoms with E-state index in [0.29, 0.717) is 4.90 Å². The standard InChI is InChI=1S/C20H21F3N2O3/c21-20(22,23)19(27)25(15-10-5-2-6-11-15)17(16-12-7-13-28-16)18(26)24-14-8-3-1-4-9-14/h2,5-7,10-14,17H,1,3-4,8-9H2,(H,24,26)/t17-/m1/s1. The van der Waals surface area contributed by atoms with Gasteiger partial charge in [0.25, 0.3) is 5.91 Å². The van der Waals surface area contributed by atoms with Crippen molar-refractivity contribution in [2.75, 3.05) is 4.90 Å². The Kier molecular flexibility index (Phi) is 6.06. The van der Waals surface area contributed by atoms with Gasteiger partial charge in [0.05, 0.1) is 6.26 Å². The fraction of sp³-hybridized carbons (Fsp3) is 0.400. The SMILES string of the molecule is O=C(NC1CCCCC1)[C@@H](c1ccco1)N(C(=O)C(F)(F)F)c1ccccc1. The molecule has 2 aromatic rings. The average Bonchev–Trinajstić information content (AvgIpc) is 3.20. The van der Waals surface area contributed by atoms with Gasteiger partial charge in [0.2, 0.25) is 0 Å². The first-order chi connectivity index (χ1) is 13.4. The summed E-state index contributed by atoms with van der Waals surface area (Å²) >= 11 is 0. The number of halogens is 3. The Morgan fingerprint density at radius 1 is 1.04 bits per heavy atom. The summed E-state index contributed by atoms with van der Waals surface area (Å²) < 4.78 is 45.3. The van der Waals surface area contributed by atoms with Crippen LogP contribution in [0.4, 0.5) is 18.9 Å². The molecule has 0 saturated heterocycles. The van der Waals surface area contributed by atoms with Crippen molar-refractivity contribution in [3.63, 3.8) is 0 Å². The molecule has 1 aliphatic carbocycles. The van der Waals surface area contributed by atoms with E-state index in [1.165, 1.54) is 42.7 Å². The Morgan fingerprint density at radius 2 is 1.71 bits per heavy atom. The van der Waals surface area contributed by atoms with Crippen molar-refractivity contribution in [2.24, 2.45) is 0 Å². The number of para-hydroxylation sites is 1. The molecule has 0 aliphatic heterocycles. The zero-order valence-electron chi connectivity index (χ0n) is 15.1. The number of carbonyl (C=O) groups is 2. The Balaban J connectivity index is 1.99. The molecular formula is C20H21F3N2O3. The Hall–Kier alpha value is -2.77. The number of carbonyl (C=O) groups excluding carboxylic acids is 2. The maximum absolute atomic E-state index is 13.4. The number of hydrogen-bond acceptors (Lipinski definition) is 3. The third kappa shape index (κ3) is 4.55. The maximum Gasteiger partial charge on any atom is 0.471 e. The molecule has 1 fully saturated rings. The number of benzene rings is 1. The van der Waals surface area contributed by atoms with Crippen LogP contribution in [0.25, 0.3) is 0 Å². The molecule has 1 heterocycles. The van der Waals surface area contributed by atoms with Crippen LogP contribution in [0.2, 0.25) is 0 Å². The van der Waals surface area contributed by atoms with Gasteiger partial charge in [-0.05, 0) is 37.1 Å². The lowest BCUT2D eigenvalue weighted by Crippen LogP contribution is -2.50. The quantitative estimate of drug-likeness (QED) is 0.819. The molecule has 1 aromatic carbocycles. The van der Waals surface area contributed by atoms with E-state index in [1.54, 1.807) is 6.07 Å². The molecule has 8 heteroatoms. The number of amides is 2. The van der Waals surface area contributed by atoms with E-state index in [0.717, 1.165) is 32.1 Å². The van der Waals surface area contributed by atoms with Crippen LogP contribution < -0.4 is 10.2 Å². The van der Waals surface area contributed by atoms with Gasteiger partial charge in [0.15, 0.2) is 6.04 Å². The lowest BCUT2D eigenvalue weighted by molar-refractivity contribution is -0.171. The first kappa shape index (κ1) is 20.0. The zero-order chi connectivity index (χ0) is 20.1. The third-order valence-electron chi connectivity index (χ3n) is 4.77. The van der Waals surface area contributed by atoms with E-state index in [-0.39, 0.29) is 17.5 Å². The average molecular weight is 394 g/mol. The molecule has 0 bridgehead atoms. The van der Waals surface area contributed by atoms with Crippen LogP contribution in [0.15, 0.2) is 53.1 Å². The molecule has 150 valence electrons. The fourth-order valence-corrected chi connectivity index (χ4v) is 3.46. The highest BCUT2D eigenvalue weighted by atomic mass is 19.4. The first-order valence-electron chi connectivity index (χ1n) is 9.17. The van der Waals surface area contributed by atoms with Gasteiger partial charge in [-0.15, -0.1) is 0 Å². The molecule has 0 spiro atoms. The molecule has 28 heavy (non-hydrogen) atoms. The lowest BCUT2D eigenvalue weighted by atomic mass is 9.95. The molecule has 2 amide bonds. The second kappa shape index (κ2) is 8.50. The molecule has 1 N–H and O–H groups in total. The minimum atomic E-state index is -5.15. The van der Waals surface area contributed by atoms with Gasteiger partial charge in [0, 0.05) is 11.7 Å². The number of alkyl halides is 3. The molecule has 0 unspecified atom stereocenters. The molecule has 5 nitrogen and oxygen atoms in total. The first-order valence-corrected chi connectivity index (χ1v) is 9.17. The zero-order valence-corrected chi connectivity index (χ0v) is 15.1. The summed E-state index contributed by atoms with van der Waals surface area (Å²) in [6.07, 6.45) is 0.588. The van der Waals surface area contributed by atoms with E-state index in [4.69, 9.17) is 4.42 Å². The highest BCUT2D eigenvalue weighted by molar-refractivity contribution is 6.03. The topological polar surface area (TPSA) is 62.6 Å². The Morgan fingerprint density at radius 3 is 2.29 bits per heavy atom. The number of furan rings is 1. The van der Waals surface area contributed by atoms with Crippen molar-refractivity contribution in [2.45, 2.75) is 50.4 Å². The van der Waals surface area contributed by atoms with Gasteiger partial charge in [-0.2, -0.15) is 13.2 Å². The summed E-state index contributed by atoms with van der Waals surface area (Å²) in [4.78, 5) is 25.8. The minimum Gasteiger partial charge on any atom is -0.467 e. The van der Waals surface area contributed by atoms with E-state index in [1.807, 2.05) is 0 Å². The van der Waals surface area contributed by atoms with Crippen LogP contribution in [0.1, 0.15) is 43.9 Å². The molecule has 0 radical (unpaired) electrons. The van der Waals surface area contributed by atoms with E-state index >= 15 is 0 Å². The number of nitrogens with one attached hydrogen (secondary N) is 1. The van der Waals surface area contributed by atoms with Crippen LogP contribution in [0.5, 0.6) is 0 Å². The van der Waals surface area contributed by atoms with Gasteiger partial charge in [-0.1, -0.05) is 37.5 Å². The summed E-state index contributed by atoms with van der Waals surface area (Å²) in [5.41, 5.74) is -0.0370. The summed E-state index contributed by atoms with van der Waals surface area (Å²) in [6.45, 7) is 0. The predicted octanol–water partition coefficient (Wildman–Crippen LogP) is 4.37. The second-order valence-corrected chi connectivity index (χ2v) is 6.77. The van der Waals surface area contributed by atoms with Crippen LogP contribution in [-0.2, 0) is 9.59 Å². The number of anilines is 1. The summed E-state index contributed by atoms with van der Waals surface area (Å²) in [6, 6.07) is 8.51. The third-order valence-corrected chi connectivity index (χ3v) is 4.77. The van der Waals surface area contributed by atoms with Gasteiger partial charge in [-0.25, -0.2) is 0 Å². The van der Waals surface area contributed by atoms with Gasteiger partial charge < -0.3 is 9.73 Å². The Labute approximate surface area is 160 Å². The highest BCUT2D eigenvalue weighted by Gasteiger charge is 2.48. The normalized spacial score (nSPS) is 16.4. The van der Waals surface area contributed by atoms with Crippen molar-refractivity contribution in [1.29, 1.82) is 0 Å². The molecule has 1 saturated carbocycles. The molecule has 1 atom stereocenters. The Bertz CT molecular complexity index is 785. The molecule has 3 rings (SSSR count).